The predicted octanol–water partition coefficient (Wildman–Crippen LogP) is 21.3. The van der Waals surface area contributed by atoms with Crippen LogP contribution in [-0.4, -0.2) is 97.5 Å². The van der Waals surface area contributed by atoms with E-state index in [0.29, 0.717) is 92.1 Å². The number of nitrogens with zero attached hydrogens (tertiary/aromatic N) is 9. The third-order valence-corrected chi connectivity index (χ3v) is 19.2. The molecule has 0 bridgehead atoms. The van der Waals surface area contributed by atoms with Crippen molar-refractivity contribution in [3.63, 3.8) is 0 Å². The summed E-state index contributed by atoms with van der Waals surface area (Å²) in [4.78, 5) is 25.7. The molecule has 0 unspecified atom stereocenters. The second-order valence-electron chi connectivity index (χ2n) is 23.3. The number of nitrogens with two attached hydrogens (primary N) is 1. The van der Waals surface area contributed by atoms with E-state index in [4.69, 9.17) is 126 Å². The van der Waals surface area contributed by atoms with Crippen molar-refractivity contribution >= 4 is 165 Å². The highest BCUT2D eigenvalue weighted by Gasteiger charge is 2.34. The largest absolute Gasteiger partial charge is 0.503 e. The van der Waals surface area contributed by atoms with Gasteiger partial charge < -0.3 is 54.0 Å². The van der Waals surface area contributed by atoms with Crippen molar-refractivity contribution < 1.29 is 106 Å². The number of fused-ring (bicyclic) bond motifs is 4. The van der Waals surface area contributed by atoms with E-state index in [9.17, 15) is 65.1 Å². The van der Waals surface area contributed by atoms with Gasteiger partial charge in [-0.05, 0) is 127 Å². The minimum Gasteiger partial charge on any atom is -0.503 e. The Hall–Kier alpha value is -12.2. The number of phenols is 1. The van der Waals surface area contributed by atoms with Crippen molar-refractivity contribution in [1.29, 1.82) is 0 Å². The standard InChI is InChI=1S/C21H10ClF5N2O4S.C15H10Cl2N2O3S.C15H11ClN2O.C8H9NO.C7H3ClFN.C6HF5O.C4H5N3.ClHO3S/c1-28-12-8-10(22)2-4-13(12)29-6-7-32-15-9-11(3-5-14(15)29)34(30,31)33-21-19(26)17(24)16(23)18(25)20(21)27;1-18-12-8-10(16)2-4-13(12)19-6-7-22-15-9-11(23(17,20)21)3-5-14(15)19;1-17-12-10-11(16)6-7-13(12)18-8-9-19-15-5-3-2-4-14(15)18;1-2-4-8-7(3-1)9-5-6-10-8;1-10-7-4-5(8)2-3-6(7)9;7-1-2(8)4(10)6(12)5(11)3(1)9;5-4-1-2-6-3-7-4;1-5(2,3)4/h2-5,8-9H,6-7H2;2-5,8-9H,6-7H2;2-7,10H,8-9H2;1-4,9H,5-6H2;2-4H;12H;1-3H,(H2,5,6,7);(H,2,3,4). The van der Waals surface area contributed by atoms with Gasteiger partial charge in [-0.1, -0.05) is 70.7 Å². The Morgan fingerprint density at radius 2 is 0.808 bits per heavy atom. The van der Waals surface area contributed by atoms with Crippen LogP contribution in [0, 0.1) is 90.3 Å². The van der Waals surface area contributed by atoms with Crippen LogP contribution in [0.25, 0.3) is 19.4 Å². The molecule has 120 heavy (non-hydrogen) atoms. The van der Waals surface area contributed by atoms with Crippen LogP contribution in [0.15, 0.2) is 186 Å². The molecule has 1 aromatic heterocycles. The molecule has 0 radical (unpaired) electrons. The Kier molecular flexibility index (Phi) is 32.6. The summed E-state index contributed by atoms with van der Waals surface area (Å²) in [6.07, 6.45) is 3.01. The number of rotatable bonds is 7. The quantitative estimate of drug-likeness (QED) is 0.0219. The van der Waals surface area contributed by atoms with Gasteiger partial charge in [0.05, 0.1) is 73.6 Å². The van der Waals surface area contributed by atoms with Crippen LogP contribution in [0.1, 0.15) is 0 Å². The SMILES string of the molecule is Nc1ccncn1.O=S(=O)(O)Cl.Oc1c(F)c(F)c(F)c(F)c1F.[C-]#[N+]c1cc(Cl)ccc1F.[C-]#[N+]c1cc(Cl)ccc1N1CCOc2cc(S(=O)(=O)Cl)ccc21.[C-]#[N+]c1cc(Cl)ccc1N1CCOc2cc(S(=O)(=O)Oc3c(F)c(F)c(F)c(F)c3F)ccc21.[C-]#[N+]c1cc(Cl)ccc1N1CCOc2ccccc21.c1ccc2c(c1)NCCO2. The summed E-state index contributed by atoms with van der Waals surface area (Å²) in [6, 6.07) is 44.1. The maximum absolute atomic E-state index is 13.9. The number of hydrogen-bond donors (Lipinski definition) is 4. The zero-order valence-corrected chi connectivity index (χ0v) is 67.0. The number of para-hydroxylation sites is 4. The molecule has 11 aromatic rings. The third-order valence-electron chi connectivity index (χ3n) is 15.7. The molecule has 624 valence electrons. The van der Waals surface area contributed by atoms with E-state index in [0.717, 1.165) is 60.4 Å². The van der Waals surface area contributed by atoms with Crippen LogP contribution >= 0.6 is 67.8 Å². The van der Waals surface area contributed by atoms with Gasteiger partial charge in [-0.25, -0.2) is 68.5 Å². The van der Waals surface area contributed by atoms with E-state index in [-0.39, 0.29) is 28.6 Å². The van der Waals surface area contributed by atoms with Gasteiger partial charge in [0.25, 0.3) is 9.05 Å². The van der Waals surface area contributed by atoms with Gasteiger partial charge in [-0.15, -0.1) is 0 Å². The molecule has 0 amide bonds. The van der Waals surface area contributed by atoms with E-state index < -0.39 is 109 Å². The predicted molar refractivity (Wildman–Crippen MR) is 427 cm³/mol. The van der Waals surface area contributed by atoms with Crippen molar-refractivity contribution in [1.82, 2.24) is 9.97 Å². The van der Waals surface area contributed by atoms with E-state index >= 15 is 0 Å². The lowest BCUT2D eigenvalue weighted by Gasteiger charge is -2.32. The summed E-state index contributed by atoms with van der Waals surface area (Å²) >= 11 is 23.3. The molecule has 5 heterocycles. The highest BCUT2D eigenvalue weighted by atomic mass is 35.7. The van der Waals surface area contributed by atoms with Crippen LogP contribution in [0.4, 0.5) is 117 Å². The Balaban J connectivity index is 0.000000183. The molecule has 10 aromatic carbocycles. The minimum atomic E-state index is -5.04. The normalized spacial score (nSPS) is 12.5. The molecule has 15 rings (SSSR count). The first-order chi connectivity index (χ1) is 56.8. The number of aromatic hydroxyl groups is 1. The molecular formula is C76H50Cl6F11N11O13S3. The monoisotopic (exact) mass is 1840 g/mol. The van der Waals surface area contributed by atoms with Crippen molar-refractivity contribution in [3.8, 4) is 34.5 Å². The molecule has 0 aliphatic carbocycles. The van der Waals surface area contributed by atoms with Gasteiger partial charge in [0.15, 0.2) is 5.75 Å². The van der Waals surface area contributed by atoms with Crippen molar-refractivity contribution in [2.45, 2.75) is 9.79 Å². The average Bonchev–Trinajstić information content (AvgIpc) is 0.870. The molecule has 0 atom stereocenters. The molecule has 0 spiro atoms. The number of nitrogens with one attached hydrogen (secondary N) is 1. The molecule has 4 aliphatic heterocycles. The smallest absolute Gasteiger partial charge is 0.353 e. The average molecular weight is 1840 g/mol. The Morgan fingerprint density at radius 3 is 1.22 bits per heavy atom. The second kappa shape index (κ2) is 42.0. The fourth-order valence-corrected chi connectivity index (χ4v) is 12.8. The van der Waals surface area contributed by atoms with Gasteiger partial charge in [0.2, 0.25) is 86.7 Å². The molecule has 0 fully saturated rings. The molecule has 4 aliphatic rings. The minimum absolute atomic E-state index is 0.0132. The summed E-state index contributed by atoms with van der Waals surface area (Å²) in [7, 11) is -3.64. The second-order valence-corrected chi connectivity index (χ2v) is 31.1. The maximum atomic E-state index is 13.9. The molecule has 24 nitrogen and oxygen atoms in total. The Bertz CT molecular complexity index is 6030. The Labute approximate surface area is 705 Å². The van der Waals surface area contributed by atoms with Crippen molar-refractivity contribution in [3.05, 3.63) is 306 Å². The van der Waals surface area contributed by atoms with E-state index in [1.807, 2.05) is 65.6 Å². The lowest BCUT2D eigenvalue weighted by Crippen LogP contribution is -2.28. The van der Waals surface area contributed by atoms with Crippen LogP contribution in [0.5, 0.6) is 34.5 Å². The first-order valence-electron chi connectivity index (χ1n) is 33.0. The van der Waals surface area contributed by atoms with Gasteiger partial charge in [0, 0.05) is 83.4 Å². The Morgan fingerprint density at radius 1 is 0.442 bits per heavy atom. The summed E-state index contributed by atoms with van der Waals surface area (Å²) in [5, 5.41) is 13.3. The molecule has 0 saturated carbocycles. The van der Waals surface area contributed by atoms with Crippen LogP contribution in [0.2, 0.25) is 20.1 Å². The van der Waals surface area contributed by atoms with Crippen LogP contribution in [0.3, 0.4) is 0 Å². The highest BCUT2D eigenvalue weighted by molar-refractivity contribution is 8.13. The third kappa shape index (κ3) is 24.5. The molecule has 44 heteroatoms. The number of anilines is 8. The van der Waals surface area contributed by atoms with E-state index in [1.54, 1.807) is 59.6 Å². The van der Waals surface area contributed by atoms with E-state index in [1.165, 1.54) is 48.8 Å². The number of nitrogen functional groups attached to an aromatic ring is 1. The number of aromatic nitrogens is 2. The summed E-state index contributed by atoms with van der Waals surface area (Å²) in [5.41, 5.74) is 11.5. The van der Waals surface area contributed by atoms with Gasteiger partial charge in [0.1, 0.15) is 72.3 Å². The topological polar surface area (TPSA) is 280 Å². The highest BCUT2D eigenvalue weighted by Crippen LogP contribution is 2.47. The van der Waals surface area contributed by atoms with E-state index in [2.05, 4.69) is 54.4 Å². The molecule has 0 saturated heterocycles. The summed E-state index contributed by atoms with van der Waals surface area (Å²) < 4.78 is 240. The van der Waals surface area contributed by atoms with Gasteiger partial charge in [-0.2, -0.15) is 34.4 Å². The first kappa shape index (κ1) is 93.3. The zero-order valence-electron chi connectivity index (χ0n) is 60.0. The molecular weight excluding hydrogens is 1790 g/mol. The lowest BCUT2D eigenvalue weighted by molar-refractivity contribution is 0.313. The van der Waals surface area contributed by atoms with Crippen molar-refractivity contribution in [2.75, 3.05) is 78.4 Å². The fourth-order valence-electron chi connectivity index (χ4n) is 10.4. The summed E-state index contributed by atoms with van der Waals surface area (Å²) in [5.74, 6) is -24.7. The zero-order chi connectivity index (χ0) is 88.1. The number of benzene rings is 10. The fraction of sp³-hybridized carbons (Fsp3) is 0.105. The number of hydrogen-bond acceptors (Lipinski definition) is 19. The first-order valence-corrected chi connectivity index (χ1v) is 40.5. The number of ether oxygens (including phenoxy) is 4. The lowest BCUT2D eigenvalue weighted by atomic mass is 10.2. The van der Waals surface area contributed by atoms with Crippen LogP contribution < -0.4 is 48.9 Å². The maximum Gasteiger partial charge on any atom is 0.353 e. The van der Waals surface area contributed by atoms with Gasteiger partial charge >= 0.3 is 19.4 Å². The number of phenolic OH excluding ortho intramolecular Hbond substituents is 1. The van der Waals surface area contributed by atoms with Crippen LogP contribution in [-0.2, 0) is 28.5 Å². The molecule has 5 N–H and O–H groups in total. The summed E-state index contributed by atoms with van der Waals surface area (Å²) in [6.45, 7) is 32.8. The van der Waals surface area contributed by atoms with Gasteiger partial charge in [-0.3, -0.25) is 4.55 Å². The number of halogens is 17. The van der Waals surface area contributed by atoms with Crippen molar-refractivity contribution in [2.24, 2.45) is 0 Å².